The summed E-state index contributed by atoms with van der Waals surface area (Å²) in [6.45, 7) is 3.14. The van der Waals surface area contributed by atoms with Crippen molar-refractivity contribution in [2.75, 3.05) is 13.2 Å². The predicted molar refractivity (Wildman–Crippen MR) is 66.6 cm³/mol. The number of halogens is 1. The first-order chi connectivity index (χ1) is 8.16. The Labute approximate surface area is 106 Å². The van der Waals surface area contributed by atoms with Gasteiger partial charge in [0, 0.05) is 6.61 Å². The zero-order valence-corrected chi connectivity index (χ0v) is 10.6. The van der Waals surface area contributed by atoms with Gasteiger partial charge in [-0.1, -0.05) is 17.7 Å². The Morgan fingerprint density at radius 1 is 1.53 bits per heavy atom. The molecule has 1 N–H and O–H groups in total. The largest absolute Gasteiger partial charge is 0.486 e. The SMILES string of the molecule is CC(O)c1ccc(OC2CCCOC2)c(Cl)c1. The number of rotatable bonds is 3. The van der Waals surface area contributed by atoms with E-state index < -0.39 is 6.10 Å². The molecule has 0 saturated carbocycles. The van der Waals surface area contributed by atoms with Crippen LogP contribution in [-0.2, 0) is 4.74 Å². The summed E-state index contributed by atoms with van der Waals surface area (Å²) in [5.74, 6) is 0.659. The highest BCUT2D eigenvalue weighted by Crippen LogP contribution is 2.29. The summed E-state index contributed by atoms with van der Waals surface area (Å²) >= 11 is 6.12. The van der Waals surface area contributed by atoms with E-state index in [9.17, 15) is 5.11 Å². The molecule has 0 bridgehead atoms. The summed E-state index contributed by atoms with van der Waals surface area (Å²) in [6.07, 6.45) is 1.58. The molecular weight excluding hydrogens is 240 g/mol. The number of hydrogen-bond acceptors (Lipinski definition) is 3. The van der Waals surface area contributed by atoms with Crippen molar-refractivity contribution in [3.63, 3.8) is 0 Å². The van der Waals surface area contributed by atoms with Gasteiger partial charge >= 0.3 is 0 Å². The van der Waals surface area contributed by atoms with E-state index in [1.165, 1.54) is 0 Å². The van der Waals surface area contributed by atoms with Crippen LogP contribution in [0.2, 0.25) is 5.02 Å². The van der Waals surface area contributed by atoms with E-state index >= 15 is 0 Å². The second-order valence-electron chi connectivity index (χ2n) is 4.32. The molecule has 1 aromatic carbocycles. The van der Waals surface area contributed by atoms with Crippen molar-refractivity contribution in [2.45, 2.75) is 32.0 Å². The molecule has 4 heteroatoms. The van der Waals surface area contributed by atoms with Gasteiger partial charge < -0.3 is 14.6 Å². The van der Waals surface area contributed by atoms with Crippen LogP contribution in [0, 0.1) is 0 Å². The molecule has 2 atom stereocenters. The number of benzene rings is 1. The second-order valence-corrected chi connectivity index (χ2v) is 4.73. The quantitative estimate of drug-likeness (QED) is 0.904. The van der Waals surface area contributed by atoms with Crippen LogP contribution in [-0.4, -0.2) is 24.4 Å². The minimum absolute atomic E-state index is 0.0821. The molecule has 1 heterocycles. The molecule has 17 heavy (non-hydrogen) atoms. The number of aliphatic hydroxyl groups is 1. The van der Waals surface area contributed by atoms with Crippen molar-refractivity contribution in [1.82, 2.24) is 0 Å². The van der Waals surface area contributed by atoms with Crippen molar-refractivity contribution in [3.05, 3.63) is 28.8 Å². The summed E-state index contributed by atoms with van der Waals surface area (Å²) in [7, 11) is 0. The van der Waals surface area contributed by atoms with Crippen LogP contribution >= 0.6 is 11.6 Å². The first kappa shape index (κ1) is 12.7. The van der Waals surface area contributed by atoms with E-state index in [0.29, 0.717) is 17.4 Å². The highest BCUT2D eigenvalue weighted by molar-refractivity contribution is 6.32. The average Bonchev–Trinajstić information content (AvgIpc) is 2.33. The van der Waals surface area contributed by atoms with Crippen molar-refractivity contribution in [1.29, 1.82) is 0 Å². The normalized spacial score (nSPS) is 22.2. The van der Waals surface area contributed by atoms with Gasteiger partial charge in [-0.05, 0) is 37.5 Å². The topological polar surface area (TPSA) is 38.7 Å². The van der Waals surface area contributed by atoms with E-state index in [1.807, 2.05) is 6.07 Å². The fraction of sp³-hybridized carbons (Fsp3) is 0.538. The van der Waals surface area contributed by atoms with Gasteiger partial charge in [-0.2, -0.15) is 0 Å². The number of aliphatic hydroxyl groups excluding tert-OH is 1. The minimum atomic E-state index is -0.514. The van der Waals surface area contributed by atoms with Gasteiger partial charge in [0.2, 0.25) is 0 Å². The number of ether oxygens (including phenoxy) is 2. The maximum atomic E-state index is 9.44. The summed E-state index contributed by atoms with van der Waals surface area (Å²) in [4.78, 5) is 0. The lowest BCUT2D eigenvalue weighted by atomic mass is 10.1. The Bertz CT molecular complexity index is 373. The molecule has 3 nitrogen and oxygen atoms in total. The Morgan fingerprint density at radius 2 is 2.35 bits per heavy atom. The maximum Gasteiger partial charge on any atom is 0.138 e. The third kappa shape index (κ3) is 3.35. The lowest BCUT2D eigenvalue weighted by Gasteiger charge is -2.24. The molecule has 0 aromatic heterocycles. The Hall–Kier alpha value is -0.770. The first-order valence-corrected chi connectivity index (χ1v) is 6.26. The summed E-state index contributed by atoms with van der Waals surface area (Å²) in [5.41, 5.74) is 0.794. The van der Waals surface area contributed by atoms with E-state index in [1.54, 1.807) is 19.1 Å². The molecule has 1 saturated heterocycles. The average molecular weight is 257 g/mol. The van der Waals surface area contributed by atoms with E-state index in [2.05, 4.69) is 0 Å². The van der Waals surface area contributed by atoms with Crippen molar-refractivity contribution in [3.8, 4) is 5.75 Å². The Kier molecular flexibility index (Phi) is 4.26. The van der Waals surface area contributed by atoms with Gasteiger partial charge in [0.25, 0.3) is 0 Å². The molecule has 0 aliphatic carbocycles. The molecular formula is C13H17ClO3. The molecule has 0 spiro atoms. The summed E-state index contributed by atoms with van der Waals surface area (Å²) < 4.78 is 11.1. The zero-order chi connectivity index (χ0) is 12.3. The molecule has 0 amide bonds. The third-order valence-electron chi connectivity index (χ3n) is 2.85. The lowest BCUT2D eigenvalue weighted by molar-refractivity contribution is 0.00745. The molecule has 1 aromatic rings. The van der Waals surface area contributed by atoms with Gasteiger partial charge in [0.1, 0.15) is 11.9 Å². The van der Waals surface area contributed by atoms with Crippen molar-refractivity contribution in [2.24, 2.45) is 0 Å². The fourth-order valence-corrected chi connectivity index (χ4v) is 2.09. The Morgan fingerprint density at radius 3 is 2.94 bits per heavy atom. The van der Waals surface area contributed by atoms with Gasteiger partial charge in [-0.25, -0.2) is 0 Å². The van der Waals surface area contributed by atoms with Crippen LogP contribution in [0.3, 0.4) is 0 Å². The van der Waals surface area contributed by atoms with Crippen LogP contribution in [0.15, 0.2) is 18.2 Å². The summed E-state index contributed by atoms with van der Waals surface area (Å²) in [5, 5.41) is 9.98. The first-order valence-electron chi connectivity index (χ1n) is 5.88. The predicted octanol–water partition coefficient (Wildman–Crippen LogP) is 2.95. The van der Waals surface area contributed by atoms with Gasteiger partial charge in [0.05, 0.1) is 17.7 Å². The minimum Gasteiger partial charge on any atom is -0.486 e. The lowest BCUT2D eigenvalue weighted by Crippen LogP contribution is -2.28. The van der Waals surface area contributed by atoms with Gasteiger partial charge in [-0.3, -0.25) is 0 Å². The Balaban J connectivity index is 2.05. The van der Waals surface area contributed by atoms with Crippen molar-refractivity contribution < 1.29 is 14.6 Å². The number of hydrogen-bond donors (Lipinski definition) is 1. The van der Waals surface area contributed by atoms with Gasteiger partial charge in [0.15, 0.2) is 0 Å². The summed E-state index contributed by atoms with van der Waals surface area (Å²) in [6, 6.07) is 5.37. The maximum absolute atomic E-state index is 9.44. The molecule has 94 valence electrons. The molecule has 2 unspecified atom stereocenters. The van der Waals surface area contributed by atoms with E-state index in [0.717, 1.165) is 25.0 Å². The van der Waals surface area contributed by atoms with Crippen LogP contribution < -0.4 is 4.74 Å². The highest BCUT2D eigenvalue weighted by atomic mass is 35.5. The smallest absolute Gasteiger partial charge is 0.138 e. The molecule has 1 aliphatic rings. The zero-order valence-electron chi connectivity index (χ0n) is 9.86. The fourth-order valence-electron chi connectivity index (χ4n) is 1.86. The molecule has 1 aliphatic heterocycles. The monoisotopic (exact) mass is 256 g/mol. The van der Waals surface area contributed by atoms with E-state index in [4.69, 9.17) is 21.1 Å². The van der Waals surface area contributed by atoms with Crippen LogP contribution in [0.25, 0.3) is 0 Å². The van der Waals surface area contributed by atoms with Crippen LogP contribution in [0.1, 0.15) is 31.4 Å². The third-order valence-corrected chi connectivity index (χ3v) is 3.15. The molecule has 1 fully saturated rings. The van der Waals surface area contributed by atoms with E-state index in [-0.39, 0.29) is 6.10 Å². The standard InChI is InChI=1S/C13H17ClO3/c1-9(15)10-4-5-13(12(14)7-10)17-11-3-2-6-16-8-11/h4-5,7,9,11,15H,2-3,6,8H2,1H3. The second kappa shape index (κ2) is 5.71. The van der Waals surface area contributed by atoms with Gasteiger partial charge in [-0.15, -0.1) is 0 Å². The molecule has 0 radical (unpaired) electrons. The highest BCUT2D eigenvalue weighted by Gasteiger charge is 2.17. The molecule has 2 rings (SSSR count). The van der Waals surface area contributed by atoms with Crippen molar-refractivity contribution >= 4 is 11.6 Å². The van der Waals surface area contributed by atoms with Crippen LogP contribution in [0.4, 0.5) is 0 Å². The van der Waals surface area contributed by atoms with Crippen LogP contribution in [0.5, 0.6) is 5.75 Å².